The molecule has 0 saturated heterocycles. The van der Waals surface area contributed by atoms with Crippen molar-refractivity contribution in [3.63, 3.8) is 0 Å². The number of ether oxygens (including phenoxy) is 2. The zero-order valence-corrected chi connectivity index (χ0v) is 28.5. The first-order valence-corrected chi connectivity index (χ1v) is 17.6. The van der Waals surface area contributed by atoms with Gasteiger partial charge in [-0.25, -0.2) is 18.2 Å². The van der Waals surface area contributed by atoms with Crippen molar-refractivity contribution in [1.82, 2.24) is 15.2 Å². The fourth-order valence-electron chi connectivity index (χ4n) is 5.18. The molecule has 1 aliphatic heterocycles. The van der Waals surface area contributed by atoms with Crippen molar-refractivity contribution in [2.75, 3.05) is 11.1 Å². The summed E-state index contributed by atoms with van der Waals surface area (Å²) in [7, 11) is -4.78. The number of hydrogen-bond acceptors (Lipinski definition) is 9. The number of benzene rings is 1. The molecule has 0 radical (unpaired) electrons. The first-order valence-electron chi connectivity index (χ1n) is 15.9. The van der Waals surface area contributed by atoms with Gasteiger partial charge in [-0.1, -0.05) is 61.7 Å². The first-order chi connectivity index (χ1) is 23.3. The Morgan fingerprint density at radius 3 is 2.26 bits per heavy atom. The van der Waals surface area contributed by atoms with Crippen LogP contribution in [0.3, 0.4) is 0 Å². The maximum atomic E-state index is 15.2. The average molecular weight is 733 g/mol. The van der Waals surface area contributed by atoms with Crippen LogP contribution in [0.15, 0.2) is 58.0 Å². The predicted molar refractivity (Wildman–Crippen MR) is 169 cm³/mol. The molecule has 10 nitrogen and oxygen atoms in total. The first kappa shape index (κ1) is 38.8. The molecule has 4 rings (SSSR count). The number of anilines is 1. The molecule has 1 N–H and O–H groups in total. The second-order valence-electron chi connectivity index (χ2n) is 12.8. The summed E-state index contributed by atoms with van der Waals surface area (Å²) < 4.78 is 132. The van der Waals surface area contributed by atoms with Crippen molar-refractivity contribution in [3.8, 4) is 11.6 Å². The van der Waals surface area contributed by atoms with Gasteiger partial charge < -0.3 is 13.9 Å². The van der Waals surface area contributed by atoms with Crippen molar-refractivity contribution >= 4 is 21.6 Å². The number of nitrogens with one attached hydrogen (secondary N) is 1. The highest BCUT2D eigenvalue weighted by Crippen LogP contribution is 2.47. The summed E-state index contributed by atoms with van der Waals surface area (Å²) in [5, 5.41) is 7.95. The quantitative estimate of drug-likeness (QED) is 0.206. The molecular weight excluding hydrogens is 694 g/mol. The minimum atomic E-state index is -5.29. The highest BCUT2D eigenvalue weighted by Gasteiger charge is 2.61. The number of allylic oxidation sites excluding steroid dienone is 2. The predicted octanol–water partition coefficient (Wildman–Crippen LogP) is 8.94. The second kappa shape index (κ2) is 15.5. The molecule has 0 fully saturated rings. The Hall–Kier alpha value is -3.99. The van der Waals surface area contributed by atoms with Gasteiger partial charge in [0.1, 0.15) is 5.60 Å². The minimum Gasteiger partial charge on any atom is -0.444 e. The maximum Gasteiger partial charge on any atom is 0.426 e. The van der Waals surface area contributed by atoms with E-state index in [1.54, 1.807) is 36.4 Å². The van der Waals surface area contributed by atoms with Crippen molar-refractivity contribution in [3.05, 3.63) is 65.6 Å². The lowest BCUT2D eigenvalue weighted by Crippen LogP contribution is -2.45. The summed E-state index contributed by atoms with van der Waals surface area (Å²) in [6.45, 7) is 3.92. The van der Waals surface area contributed by atoms with Crippen LogP contribution in [-0.2, 0) is 37.7 Å². The molecule has 17 heteroatoms. The molecule has 1 unspecified atom stereocenters. The molecule has 3 aromatic rings. The Balaban J connectivity index is 1.94. The van der Waals surface area contributed by atoms with E-state index < -0.39 is 92.0 Å². The molecule has 50 heavy (non-hydrogen) atoms. The zero-order chi connectivity index (χ0) is 36.8. The lowest BCUT2D eigenvalue weighted by atomic mass is 9.94. The van der Waals surface area contributed by atoms with Crippen molar-refractivity contribution in [2.24, 2.45) is 0 Å². The number of aromatic nitrogens is 3. The van der Waals surface area contributed by atoms with Gasteiger partial charge in [0.25, 0.3) is 11.8 Å². The lowest BCUT2D eigenvalue weighted by molar-refractivity contribution is -0.300. The Bertz CT molecular complexity index is 1750. The van der Waals surface area contributed by atoms with E-state index in [0.29, 0.717) is 43.7 Å². The van der Waals surface area contributed by atoms with E-state index in [0.717, 1.165) is 0 Å². The van der Waals surface area contributed by atoms with Crippen molar-refractivity contribution in [1.29, 1.82) is 0 Å². The van der Waals surface area contributed by atoms with Crippen LogP contribution in [0.1, 0.15) is 89.2 Å². The summed E-state index contributed by atoms with van der Waals surface area (Å²) in [5.41, 5.74) is -7.23. The van der Waals surface area contributed by atoms with Gasteiger partial charge in [0.15, 0.2) is 20.6 Å². The van der Waals surface area contributed by atoms with E-state index in [4.69, 9.17) is 13.9 Å². The molecule has 1 aliphatic rings. The SMILES string of the molecule is CC(C)(C)OC(=O)Nc1cc(C(F)(F)F)c2nc1-c1nnc(o1)C(OCc1ccccc1)(C(F)(F)F)CCCCCCC/C=C/CCS2(=O)=O. The van der Waals surface area contributed by atoms with Crippen molar-refractivity contribution in [2.45, 2.75) is 107 Å². The van der Waals surface area contributed by atoms with Gasteiger partial charge in [-0.05, 0) is 64.5 Å². The summed E-state index contributed by atoms with van der Waals surface area (Å²) in [5.74, 6) is -2.74. The Kier molecular flexibility index (Phi) is 12.0. The summed E-state index contributed by atoms with van der Waals surface area (Å²) in [6.07, 6.45) is -6.31. The normalized spacial score (nSPS) is 20.2. The van der Waals surface area contributed by atoms with E-state index >= 15 is 13.2 Å². The molecule has 0 saturated carbocycles. The number of nitrogens with zero attached hydrogens (tertiary/aromatic N) is 3. The largest absolute Gasteiger partial charge is 0.444 e. The molecule has 3 heterocycles. The van der Waals surface area contributed by atoms with Gasteiger partial charge in [0, 0.05) is 0 Å². The number of rotatable bonds is 4. The topological polar surface area (TPSA) is 134 Å². The standard InChI is InChI=1S/C33H38F6N4O6S/c1-30(2,3)49-29(44)40-24-20-23(32(34,35)36)27-41-25(24)26-42-43-28(48-26)31(33(37,38)39,47-21-22-16-12-11-13-17-22)18-14-9-7-5-4-6-8-10-15-19-50(27,45)46/h8,10-13,16-17,20H,4-7,9,14-15,18-19,21H2,1-3H3,(H,40,44)/b10-8+. The number of amides is 1. The van der Waals surface area contributed by atoms with Crippen LogP contribution in [0.2, 0.25) is 0 Å². The Morgan fingerprint density at radius 2 is 1.60 bits per heavy atom. The van der Waals surface area contributed by atoms with Gasteiger partial charge in [0.2, 0.25) is 5.60 Å². The van der Waals surface area contributed by atoms with Crippen LogP contribution < -0.4 is 5.32 Å². The van der Waals surface area contributed by atoms with Crippen LogP contribution in [0.25, 0.3) is 11.6 Å². The average Bonchev–Trinajstić information content (AvgIpc) is 3.49. The van der Waals surface area contributed by atoms with Gasteiger partial charge >= 0.3 is 18.4 Å². The Morgan fingerprint density at radius 1 is 0.940 bits per heavy atom. The second-order valence-corrected chi connectivity index (χ2v) is 14.8. The molecule has 1 amide bonds. The molecule has 0 aliphatic carbocycles. The fraction of sp³-hybridized carbons (Fsp3) is 0.515. The van der Waals surface area contributed by atoms with Crippen LogP contribution in [0.4, 0.5) is 36.8 Å². The van der Waals surface area contributed by atoms with Gasteiger partial charge in [-0.2, -0.15) is 26.3 Å². The highest BCUT2D eigenvalue weighted by atomic mass is 32.2. The third kappa shape index (κ3) is 9.83. The maximum absolute atomic E-state index is 15.2. The van der Waals surface area contributed by atoms with Crippen LogP contribution >= 0.6 is 0 Å². The number of carbonyl (C=O) groups excluding carboxylic acids is 1. The fourth-order valence-corrected chi connectivity index (χ4v) is 6.56. The van der Waals surface area contributed by atoms with Crippen LogP contribution in [-0.4, -0.2) is 47.2 Å². The molecule has 1 atom stereocenters. The number of pyridine rings is 1. The highest BCUT2D eigenvalue weighted by molar-refractivity contribution is 7.91. The third-order valence-electron chi connectivity index (χ3n) is 7.60. The summed E-state index contributed by atoms with van der Waals surface area (Å²) in [6, 6.07) is 8.33. The molecule has 274 valence electrons. The van der Waals surface area contributed by atoms with Crippen LogP contribution in [0.5, 0.6) is 0 Å². The van der Waals surface area contributed by atoms with Gasteiger partial charge in [-0.15, -0.1) is 10.2 Å². The molecule has 2 aromatic heterocycles. The summed E-state index contributed by atoms with van der Waals surface area (Å²) >= 11 is 0. The third-order valence-corrected chi connectivity index (χ3v) is 9.28. The molecule has 0 spiro atoms. The molecule has 1 aromatic carbocycles. The number of halogens is 6. The van der Waals surface area contributed by atoms with Crippen LogP contribution in [0, 0.1) is 0 Å². The number of alkyl halides is 6. The van der Waals surface area contributed by atoms with Crippen molar-refractivity contribution < 1.29 is 53.4 Å². The number of hydrogen-bond donors (Lipinski definition) is 1. The Labute approximate surface area is 285 Å². The smallest absolute Gasteiger partial charge is 0.426 e. The van der Waals surface area contributed by atoms with E-state index in [1.165, 1.54) is 26.8 Å². The number of fused-ring (bicyclic) bond motifs is 5. The summed E-state index contributed by atoms with van der Waals surface area (Å²) in [4.78, 5) is 16.5. The van der Waals surface area contributed by atoms with E-state index in [9.17, 15) is 26.4 Å². The number of carbonyl (C=O) groups is 1. The minimum absolute atomic E-state index is 0.0359. The van der Waals surface area contributed by atoms with E-state index in [-0.39, 0.29) is 12.8 Å². The number of sulfone groups is 1. The lowest BCUT2D eigenvalue weighted by Gasteiger charge is -2.32. The zero-order valence-electron chi connectivity index (χ0n) is 27.7. The monoisotopic (exact) mass is 732 g/mol. The van der Waals surface area contributed by atoms with E-state index in [2.05, 4.69) is 20.5 Å². The van der Waals surface area contributed by atoms with Gasteiger partial charge in [0.05, 0.1) is 23.6 Å². The van der Waals surface area contributed by atoms with E-state index in [1.807, 2.05) is 0 Å². The molecule has 4 bridgehead atoms. The van der Waals surface area contributed by atoms with Gasteiger partial charge in [-0.3, -0.25) is 5.32 Å². The molecular formula is C33H38F6N4O6S.